The van der Waals surface area contributed by atoms with Gasteiger partial charge in [-0.15, -0.1) is 0 Å². The minimum Gasteiger partial charge on any atom is -0.412 e. The van der Waals surface area contributed by atoms with Gasteiger partial charge in [0.25, 0.3) is 0 Å². The zero-order valence-electron chi connectivity index (χ0n) is 18.5. The fourth-order valence-electron chi connectivity index (χ4n) is 3.72. The molecule has 0 saturated carbocycles. The fraction of sp³-hybridized carbons (Fsp3) is 0.667. The van der Waals surface area contributed by atoms with Gasteiger partial charge in [-0.1, -0.05) is 69.9 Å². The Morgan fingerprint density at radius 2 is 1.68 bits per heavy atom. The fourth-order valence-corrected chi connectivity index (χ4v) is 6.74. The lowest BCUT2D eigenvalue weighted by molar-refractivity contribution is 0.0777. The maximum absolute atomic E-state index is 9.08. The molecule has 0 aliphatic heterocycles. The van der Waals surface area contributed by atoms with Gasteiger partial charge < -0.3 is 14.3 Å². The van der Waals surface area contributed by atoms with Crippen LogP contribution in [0.1, 0.15) is 53.0 Å². The molecule has 1 aromatic carbocycles. The van der Waals surface area contributed by atoms with E-state index in [2.05, 4.69) is 58.6 Å². The van der Waals surface area contributed by atoms with E-state index in [4.69, 9.17) is 14.3 Å². The van der Waals surface area contributed by atoms with Crippen molar-refractivity contribution in [3.8, 4) is 11.8 Å². The van der Waals surface area contributed by atoms with Crippen molar-refractivity contribution in [3.05, 3.63) is 35.9 Å². The van der Waals surface area contributed by atoms with Crippen molar-refractivity contribution in [3.63, 3.8) is 0 Å². The number of aliphatic hydroxyl groups is 1. The molecule has 1 N–H and O–H groups in total. The van der Waals surface area contributed by atoms with Crippen molar-refractivity contribution in [2.45, 2.75) is 78.3 Å². The Bertz CT molecular complexity index is 566. The molecule has 1 aromatic rings. The summed E-state index contributed by atoms with van der Waals surface area (Å²) >= 11 is 0. The monoisotopic (exact) mass is 404 g/mol. The predicted molar refractivity (Wildman–Crippen MR) is 121 cm³/mol. The number of aliphatic hydroxyl groups excluding tert-OH is 1. The molecule has 4 heteroatoms. The summed E-state index contributed by atoms with van der Waals surface area (Å²) in [4.78, 5) is 0. The van der Waals surface area contributed by atoms with E-state index in [1.807, 2.05) is 18.2 Å². The van der Waals surface area contributed by atoms with E-state index >= 15 is 0 Å². The van der Waals surface area contributed by atoms with Crippen molar-refractivity contribution >= 4 is 8.32 Å². The van der Waals surface area contributed by atoms with Gasteiger partial charge in [0.1, 0.15) is 6.61 Å². The Kier molecular flexibility index (Phi) is 12.4. The molecule has 3 nitrogen and oxygen atoms in total. The van der Waals surface area contributed by atoms with E-state index < -0.39 is 8.32 Å². The highest BCUT2D eigenvalue weighted by Crippen LogP contribution is 2.30. The normalized spacial score (nSPS) is 14.8. The molecule has 0 aliphatic carbocycles. The molecule has 0 amide bonds. The highest BCUT2D eigenvalue weighted by atomic mass is 28.4. The summed E-state index contributed by atoms with van der Waals surface area (Å²) < 4.78 is 12.7. The van der Waals surface area contributed by atoms with Crippen LogP contribution in [0, 0.1) is 23.7 Å². The largest absolute Gasteiger partial charge is 0.412 e. The second kappa shape index (κ2) is 14.0. The topological polar surface area (TPSA) is 38.7 Å². The van der Waals surface area contributed by atoms with Crippen molar-refractivity contribution in [2.24, 2.45) is 11.8 Å². The van der Waals surface area contributed by atoms with E-state index in [-0.39, 0.29) is 18.6 Å². The minimum atomic E-state index is -1.71. The van der Waals surface area contributed by atoms with Crippen LogP contribution >= 0.6 is 0 Å². The van der Waals surface area contributed by atoms with Crippen LogP contribution in [0.2, 0.25) is 18.1 Å². The van der Waals surface area contributed by atoms with E-state index in [0.717, 1.165) is 37.6 Å². The third-order valence-corrected chi connectivity index (χ3v) is 10.5. The average molecular weight is 405 g/mol. The molecule has 0 unspecified atom stereocenters. The Morgan fingerprint density at radius 1 is 1.04 bits per heavy atom. The molecule has 3 atom stereocenters. The van der Waals surface area contributed by atoms with Gasteiger partial charge >= 0.3 is 0 Å². The van der Waals surface area contributed by atoms with E-state index in [1.165, 1.54) is 5.56 Å². The SMILES string of the molecule is CC[Si](CC)(CC)O[C@@H]([C@H](C)CCCOCc1ccccc1)[C@@H](C)C#CCO. The molecule has 0 aliphatic rings. The summed E-state index contributed by atoms with van der Waals surface area (Å²) in [5, 5.41) is 9.08. The lowest BCUT2D eigenvalue weighted by Gasteiger charge is -2.38. The van der Waals surface area contributed by atoms with Crippen molar-refractivity contribution < 1.29 is 14.3 Å². The molecule has 0 saturated heterocycles. The zero-order chi connectivity index (χ0) is 20.8. The number of benzene rings is 1. The maximum atomic E-state index is 9.08. The van der Waals surface area contributed by atoms with Crippen molar-refractivity contribution in [2.75, 3.05) is 13.2 Å². The highest BCUT2D eigenvalue weighted by Gasteiger charge is 2.35. The number of rotatable bonds is 13. The van der Waals surface area contributed by atoms with Crippen molar-refractivity contribution in [1.29, 1.82) is 0 Å². The second-order valence-corrected chi connectivity index (χ2v) is 12.5. The highest BCUT2D eigenvalue weighted by molar-refractivity contribution is 6.73. The first-order chi connectivity index (χ1) is 13.5. The average Bonchev–Trinajstić information content (AvgIpc) is 2.74. The molecular weight excluding hydrogens is 364 g/mol. The Balaban J connectivity index is 2.61. The van der Waals surface area contributed by atoms with Crippen LogP contribution in [0.5, 0.6) is 0 Å². The summed E-state index contributed by atoms with van der Waals surface area (Å²) in [6, 6.07) is 13.7. The van der Waals surface area contributed by atoms with Gasteiger partial charge in [0.2, 0.25) is 0 Å². The molecule has 0 radical (unpaired) electrons. The van der Waals surface area contributed by atoms with Crippen LogP contribution in [0.15, 0.2) is 30.3 Å². The first-order valence-electron chi connectivity index (χ1n) is 10.9. The van der Waals surface area contributed by atoms with Gasteiger partial charge in [0.15, 0.2) is 8.32 Å². The molecule has 1 rings (SSSR count). The summed E-state index contributed by atoms with van der Waals surface area (Å²) in [5.41, 5.74) is 1.22. The van der Waals surface area contributed by atoms with Crippen LogP contribution in [-0.2, 0) is 15.8 Å². The van der Waals surface area contributed by atoms with E-state index in [9.17, 15) is 0 Å². The van der Waals surface area contributed by atoms with Crippen molar-refractivity contribution in [1.82, 2.24) is 0 Å². The lowest BCUT2D eigenvalue weighted by Crippen LogP contribution is -2.44. The van der Waals surface area contributed by atoms with Crippen LogP contribution in [-0.4, -0.2) is 32.7 Å². The number of hydrogen-bond acceptors (Lipinski definition) is 3. The standard InChI is InChI=1S/C24H40O3Si/c1-6-28(7-2,8-3)27-24(21(4)14-12-18-25)22(5)15-13-19-26-20-23-16-10-9-11-17-23/h9-11,16-17,21-22,24-25H,6-8,13,15,18-20H2,1-5H3/t21-,22+,24+/m0/s1. The van der Waals surface area contributed by atoms with Crippen LogP contribution in [0.3, 0.4) is 0 Å². The van der Waals surface area contributed by atoms with Gasteiger partial charge in [-0.25, -0.2) is 0 Å². The first kappa shape index (κ1) is 24.9. The summed E-state index contributed by atoms with van der Waals surface area (Å²) in [7, 11) is -1.71. The third kappa shape index (κ3) is 8.49. The molecule has 28 heavy (non-hydrogen) atoms. The summed E-state index contributed by atoms with van der Waals surface area (Å²) in [5.74, 6) is 6.58. The first-order valence-corrected chi connectivity index (χ1v) is 13.4. The zero-order valence-corrected chi connectivity index (χ0v) is 19.5. The molecular formula is C24H40O3Si. The smallest absolute Gasteiger partial charge is 0.192 e. The van der Waals surface area contributed by atoms with Crippen LogP contribution in [0.25, 0.3) is 0 Å². The van der Waals surface area contributed by atoms with E-state index in [1.54, 1.807) is 0 Å². The second-order valence-electron chi connectivity index (χ2n) is 7.75. The number of hydrogen-bond donors (Lipinski definition) is 1. The van der Waals surface area contributed by atoms with Crippen LogP contribution in [0.4, 0.5) is 0 Å². The Labute approximate surface area is 174 Å². The Morgan fingerprint density at radius 3 is 2.25 bits per heavy atom. The summed E-state index contributed by atoms with van der Waals surface area (Å²) in [6.45, 7) is 12.6. The quantitative estimate of drug-likeness (QED) is 0.263. The van der Waals surface area contributed by atoms with Gasteiger partial charge in [-0.3, -0.25) is 0 Å². The van der Waals surface area contributed by atoms with Gasteiger partial charge in [-0.05, 0) is 49.4 Å². The Hall–Kier alpha value is -1.12. The third-order valence-electron chi connectivity index (χ3n) is 5.84. The van der Waals surface area contributed by atoms with Gasteiger partial charge in [0, 0.05) is 12.5 Å². The van der Waals surface area contributed by atoms with Gasteiger partial charge in [0.05, 0.1) is 12.7 Å². The molecule has 0 spiro atoms. The molecule has 0 aromatic heterocycles. The molecule has 0 heterocycles. The van der Waals surface area contributed by atoms with E-state index in [0.29, 0.717) is 12.5 Å². The molecule has 0 bridgehead atoms. The van der Waals surface area contributed by atoms with Gasteiger partial charge in [-0.2, -0.15) is 0 Å². The molecule has 158 valence electrons. The minimum absolute atomic E-state index is 0.0866. The predicted octanol–water partition coefficient (Wildman–Crippen LogP) is 5.64. The van der Waals surface area contributed by atoms with Crippen LogP contribution < -0.4 is 0 Å². The number of ether oxygens (including phenoxy) is 1. The summed E-state index contributed by atoms with van der Waals surface area (Å²) in [6.07, 6.45) is 2.21. The lowest BCUT2D eigenvalue weighted by atomic mass is 9.90. The maximum Gasteiger partial charge on any atom is 0.192 e. The molecule has 0 fully saturated rings.